The largest absolute Gasteiger partial charge is 0.874 e. The molecule has 0 unspecified atom stereocenters. The van der Waals surface area contributed by atoms with Gasteiger partial charge in [-0.1, -0.05) is 0 Å². The van der Waals surface area contributed by atoms with Gasteiger partial charge >= 0.3 is 0 Å². The van der Waals surface area contributed by atoms with Crippen molar-refractivity contribution in [1.29, 1.82) is 0 Å². The fraction of sp³-hybridized carbons (Fsp3) is 0.667. The molecule has 0 saturated heterocycles. The molecule has 0 atom stereocenters. The van der Waals surface area contributed by atoms with Gasteiger partial charge in [-0.25, -0.2) is 0 Å². The van der Waals surface area contributed by atoms with Gasteiger partial charge < -0.3 is 10.0 Å². The third-order valence-electron chi connectivity index (χ3n) is 1.30. The maximum Gasteiger partial charge on any atom is 0.0171 e. The van der Waals surface area contributed by atoms with E-state index in [2.05, 4.69) is 0 Å². The molecule has 0 aromatic heterocycles. The van der Waals surface area contributed by atoms with Gasteiger partial charge in [0.05, 0.1) is 0 Å². The summed E-state index contributed by atoms with van der Waals surface area (Å²) in [5.41, 5.74) is 0. The van der Waals surface area contributed by atoms with Crippen molar-refractivity contribution < 1.29 is 5.11 Å². The Bertz CT molecular complexity index is 109. The molecule has 1 rings (SSSR count). The average Bonchev–Trinajstić information content (AvgIpc) is 1.64. The number of rotatable bonds is 0. The van der Waals surface area contributed by atoms with Crippen molar-refractivity contribution >= 4 is 0 Å². The van der Waals surface area contributed by atoms with Crippen LogP contribution in [0.1, 0.15) is 12.8 Å². The van der Waals surface area contributed by atoms with Gasteiger partial charge in [0.15, 0.2) is 0 Å². The number of hydrogen-bond donors (Lipinski definition) is 0. The SMILES string of the molecule is CN1C=C([O-])CCC1. The Hall–Kier alpha value is -0.660. The van der Waals surface area contributed by atoms with Gasteiger partial charge in [0, 0.05) is 13.6 Å². The Balaban J connectivity index is 2.50. The van der Waals surface area contributed by atoms with E-state index in [-0.39, 0.29) is 5.76 Å². The smallest absolute Gasteiger partial charge is 0.0171 e. The summed E-state index contributed by atoms with van der Waals surface area (Å²) in [6.07, 6.45) is 3.43. The molecule has 0 saturated carbocycles. The third kappa shape index (κ3) is 1.15. The van der Waals surface area contributed by atoms with Crippen LogP contribution < -0.4 is 5.11 Å². The first-order valence-corrected chi connectivity index (χ1v) is 2.87. The molecule has 1 aliphatic heterocycles. The van der Waals surface area contributed by atoms with Crippen LogP contribution in [0.3, 0.4) is 0 Å². The molecule has 8 heavy (non-hydrogen) atoms. The first-order valence-electron chi connectivity index (χ1n) is 2.87. The third-order valence-corrected chi connectivity index (χ3v) is 1.30. The van der Waals surface area contributed by atoms with Crippen LogP contribution in [0, 0.1) is 0 Å². The molecule has 1 heterocycles. The lowest BCUT2D eigenvalue weighted by atomic mass is 10.2. The Kier molecular flexibility index (Phi) is 1.42. The van der Waals surface area contributed by atoms with Crippen LogP contribution in [-0.4, -0.2) is 18.5 Å². The van der Waals surface area contributed by atoms with E-state index in [1.807, 2.05) is 11.9 Å². The van der Waals surface area contributed by atoms with Crippen LogP contribution in [0.2, 0.25) is 0 Å². The van der Waals surface area contributed by atoms with Gasteiger partial charge in [-0.05, 0) is 19.0 Å². The maximum atomic E-state index is 10.6. The first kappa shape index (κ1) is 5.48. The number of hydrogen-bond acceptors (Lipinski definition) is 2. The van der Waals surface area contributed by atoms with Crippen molar-refractivity contribution in [2.45, 2.75) is 12.8 Å². The van der Waals surface area contributed by atoms with Crippen LogP contribution in [0.5, 0.6) is 0 Å². The van der Waals surface area contributed by atoms with E-state index >= 15 is 0 Å². The molecule has 0 aromatic rings. The van der Waals surface area contributed by atoms with Crippen molar-refractivity contribution in [1.82, 2.24) is 4.90 Å². The fourth-order valence-corrected chi connectivity index (χ4v) is 0.878. The van der Waals surface area contributed by atoms with Crippen LogP contribution in [0.15, 0.2) is 12.0 Å². The minimum Gasteiger partial charge on any atom is -0.874 e. The minimum absolute atomic E-state index is 0.263. The highest BCUT2D eigenvalue weighted by atomic mass is 16.3. The Morgan fingerprint density at radius 3 is 2.88 bits per heavy atom. The van der Waals surface area contributed by atoms with Gasteiger partial charge in [0.2, 0.25) is 0 Å². The highest BCUT2D eigenvalue weighted by Gasteiger charge is 1.96. The van der Waals surface area contributed by atoms with E-state index in [1.165, 1.54) is 0 Å². The van der Waals surface area contributed by atoms with Crippen LogP contribution in [-0.2, 0) is 0 Å². The Labute approximate surface area is 49.4 Å². The molecule has 0 amide bonds. The summed E-state index contributed by atoms with van der Waals surface area (Å²) in [5, 5.41) is 10.6. The molecular formula is C6H10NO-. The van der Waals surface area contributed by atoms with Gasteiger partial charge in [-0.2, -0.15) is 0 Å². The van der Waals surface area contributed by atoms with E-state index in [0.717, 1.165) is 19.4 Å². The molecule has 0 aromatic carbocycles. The Morgan fingerprint density at radius 2 is 2.50 bits per heavy atom. The molecule has 0 aliphatic carbocycles. The second kappa shape index (κ2) is 2.07. The lowest BCUT2D eigenvalue weighted by Crippen LogP contribution is -2.21. The summed E-state index contributed by atoms with van der Waals surface area (Å²) in [6.45, 7) is 1.03. The lowest BCUT2D eigenvalue weighted by Gasteiger charge is -2.25. The summed E-state index contributed by atoms with van der Waals surface area (Å²) in [4.78, 5) is 1.94. The average molecular weight is 112 g/mol. The zero-order valence-electron chi connectivity index (χ0n) is 5.05. The molecule has 0 fully saturated rings. The monoisotopic (exact) mass is 112 g/mol. The van der Waals surface area contributed by atoms with Gasteiger partial charge in [0.25, 0.3) is 0 Å². The summed E-state index contributed by atoms with van der Waals surface area (Å²) in [6, 6.07) is 0. The van der Waals surface area contributed by atoms with Crippen molar-refractivity contribution in [2.24, 2.45) is 0 Å². The van der Waals surface area contributed by atoms with Gasteiger partial charge in [-0.15, -0.1) is 5.76 Å². The second-order valence-electron chi connectivity index (χ2n) is 2.18. The van der Waals surface area contributed by atoms with Crippen LogP contribution in [0.25, 0.3) is 0 Å². The van der Waals surface area contributed by atoms with E-state index in [0.29, 0.717) is 0 Å². The molecule has 2 heteroatoms. The highest BCUT2D eigenvalue weighted by Crippen LogP contribution is 2.06. The van der Waals surface area contributed by atoms with Crippen molar-refractivity contribution in [3.05, 3.63) is 12.0 Å². The molecule has 46 valence electrons. The zero-order valence-corrected chi connectivity index (χ0v) is 5.05. The lowest BCUT2D eigenvalue weighted by molar-refractivity contribution is -0.309. The first-order chi connectivity index (χ1) is 3.79. The van der Waals surface area contributed by atoms with E-state index in [1.54, 1.807) is 6.20 Å². The van der Waals surface area contributed by atoms with E-state index in [9.17, 15) is 5.11 Å². The summed E-state index contributed by atoms with van der Waals surface area (Å²) in [5.74, 6) is 0.263. The predicted octanol–water partition coefficient (Wildman–Crippen LogP) is -0.0863. The molecule has 0 bridgehead atoms. The number of nitrogens with zero attached hydrogens (tertiary/aromatic N) is 1. The number of allylic oxidation sites excluding steroid dienone is 1. The summed E-state index contributed by atoms with van der Waals surface area (Å²) in [7, 11) is 1.93. The minimum atomic E-state index is 0.263. The molecule has 0 spiro atoms. The molecule has 2 nitrogen and oxygen atoms in total. The van der Waals surface area contributed by atoms with Gasteiger partial charge in [-0.3, -0.25) is 0 Å². The summed E-state index contributed by atoms with van der Waals surface area (Å²) < 4.78 is 0. The van der Waals surface area contributed by atoms with Crippen LogP contribution in [0.4, 0.5) is 0 Å². The normalized spacial score (nSPS) is 20.6. The van der Waals surface area contributed by atoms with Crippen molar-refractivity contribution in [3.8, 4) is 0 Å². The second-order valence-corrected chi connectivity index (χ2v) is 2.18. The molecule has 0 N–H and O–H groups in total. The fourth-order valence-electron chi connectivity index (χ4n) is 0.878. The van der Waals surface area contributed by atoms with Crippen LogP contribution >= 0.6 is 0 Å². The van der Waals surface area contributed by atoms with Gasteiger partial charge in [0.1, 0.15) is 0 Å². The molecule has 0 radical (unpaired) electrons. The van der Waals surface area contributed by atoms with Crippen molar-refractivity contribution in [2.75, 3.05) is 13.6 Å². The van der Waals surface area contributed by atoms with E-state index in [4.69, 9.17) is 0 Å². The highest BCUT2D eigenvalue weighted by molar-refractivity contribution is 4.91. The molecular weight excluding hydrogens is 102 g/mol. The predicted molar refractivity (Wildman–Crippen MR) is 29.9 cm³/mol. The quantitative estimate of drug-likeness (QED) is 0.438. The zero-order chi connectivity index (χ0) is 5.98. The Morgan fingerprint density at radius 1 is 1.75 bits per heavy atom. The maximum absolute atomic E-state index is 10.6. The molecule has 1 aliphatic rings. The van der Waals surface area contributed by atoms with E-state index < -0.39 is 0 Å². The summed E-state index contributed by atoms with van der Waals surface area (Å²) >= 11 is 0. The van der Waals surface area contributed by atoms with Crippen molar-refractivity contribution in [3.63, 3.8) is 0 Å². The standard InChI is InChI=1S/C6H11NO/c1-7-4-2-3-6(8)5-7/h5,8H,2-4H2,1H3/p-1. The topological polar surface area (TPSA) is 26.3 Å².